The number of ketones is 1. The second-order valence-electron chi connectivity index (χ2n) is 3.37. The molecule has 1 nitrogen and oxygen atoms in total. The zero-order chi connectivity index (χ0) is 10.4. The number of halogens is 1. The molecule has 0 saturated heterocycles. The lowest BCUT2D eigenvalue weighted by atomic mass is 9.95. The summed E-state index contributed by atoms with van der Waals surface area (Å²) < 4.78 is 12.6. The lowest BCUT2D eigenvalue weighted by Crippen LogP contribution is -2.16. The van der Waals surface area contributed by atoms with Crippen molar-refractivity contribution in [3.05, 3.63) is 35.9 Å². The van der Waals surface area contributed by atoms with Crippen molar-refractivity contribution in [2.75, 3.05) is 6.67 Å². The van der Waals surface area contributed by atoms with E-state index in [-0.39, 0.29) is 5.78 Å². The van der Waals surface area contributed by atoms with Crippen molar-refractivity contribution in [2.24, 2.45) is 5.92 Å². The first-order valence-electron chi connectivity index (χ1n) is 4.94. The quantitative estimate of drug-likeness (QED) is 0.657. The number of carbonyl (C=O) groups excluding carboxylic acids is 1. The molecule has 1 atom stereocenters. The van der Waals surface area contributed by atoms with E-state index >= 15 is 0 Å². The summed E-state index contributed by atoms with van der Waals surface area (Å²) in [7, 11) is 0. The Morgan fingerprint density at radius 2 is 2.00 bits per heavy atom. The first kappa shape index (κ1) is 10.9. The molecular weight excluding hydrogens is 179 g/mol. The van der Waals surface area contributed by atoms with Gasteiger partial charge in [-0.15, -0.1) is 0 Å². The van der Waals surface area contributed by atoms with Gasteiger partial charge in [0.05, 0.1) is 12.6 Å². The molecular formula is C12H15FO. The average molecular weight is 194 g/mol. The fraction of sp³-hybridized carbons (Fsp3) is 0.417. The lowest BCUT2D eigenvalue weighted by molar-refractivity contribution is 0.0891. The zero-order valence-electron chi connectivity index (χ0n) is 8.37. The predicted molar refractivity (Wildman–Crippen MR) is 55.1 cm³/mol. The molecule has 0 aliphatic carbocycles. The Morgan fingerprint density at radius 1 is 1.36 bits per heavy atom. The second kappa shape index (κ2) is 5.53. The predicted octanol–water partition coefficient (Wildman–Crippen LogP) is 3.26. The zero-order valence-corrected chi connectivity index (χ0v) is 8.37. The summed E-state index contributed by atoms with van der Waals surface area (Å²) in [6, 6.07) is 8.92. The monoisotopic (exact) mass is 194 g/mol. The Morgan fingerprint density at radius 3 is 2.50 bits per heavy atom. The highest BCUT2D eigenvalue weighted by molar-refractivity contribution is 5.97. The normalized spacial score (nSPS) is 12.4. The Bertz CT molecular complexity index is 282. The fourth-order valence-corrected chi connectivity index (χ4v) is 1.46. The highest BCUT2D eigenvalue weighted by atomic mass is 19.1. The van der Waals surface area contributed by atoms with Gasteiger partial charge in [-0.25, -0.2) is 0 Å². The number of Topliss-reactive ketones (excluding diaryl/α,β-unsaturated/α-hetero) is 1. The number of benzene rings is 1. The molecule has 0 spiro atoms. The topological polar surface area (TPSA) is 17.1 Å². The summed E-state index contributed by atoms with van der Waals surface area (Å²) in [6.07, 6.45) is 1.47. The molecule has 0 amide bonds. The molecule has 0 bridgehead atoms. The molecule has 1 aromatic carbocycles. The van der Waals surface area contributed by atoms with E-state index < -0.39 is 12.6 Å². The molecule has 0 aliphatic heterocycles. The standard InChI is InChI=1S/C12H15FO/c1-2-6-11(9-13)12(14)10-7-4-3-5-8-10/h3-5,7-8,11H,2,6,9H2,1H3. The maximum Gasteiger partial charge on any atom is 0.168 e. The molecule has 76 valence electrons. The van der Waals surface area contributed by atoms with Gasteiger partial charge in [-0.1, -0.05) is 43.7 Å². The van der Waals surface area contributed by atoms with Gasteiger partial charge >= 0.3 is 0 Å². The number of alkyl halides is 1. The number of carbonyl (C=O) groups is 1. The largest absolute Gasteiger partial charge is 0.294 e. The van der Waals surface area contributed by atoms with E-state index in [1.807, 2.05) is 13.0 Å². The van der Waals surface area contributed by atoms with Crippen LogP contribution in [0.2, 0.25) is 0 Å². The minimum Gasteiger partial charge on any atom is -0.294 e. The van der Waals surface area contributed by atoms with Crippen molar-refractivity contribution in [2.45, 2.75) is 19.8 Å². The molecule has 1 rings (SSSR count). The summed E-state index contributed by atoms with van der Waals surface area (Å²) in [5.41, 5.74) is 0.614. The van der Waals surface area contributed by atoms with E-state index in [1.54, 1.807) is 24.3 Å². The summed E-state index contributed by atoms with van der Waals surface area (Å²) in [5, 5.41) is 0. The van der Waals surface area contributed by atoms with Crippen LogP contribution in [-0.4, -0.2) is 12.5 Å². The van der Waals surface area contributed by atoms with E-state index in [9.17, 15) is 9.18 Å². The maximum absolute atomic E-state index is 12.6. The minimum atomic E-state index is -0.554. The second-order valence-corrected chi connectivity index (χ2v) is 3.37. The van der Waals surface area contributed by atoms with Gasteiger partial charge in [-0.2, -0.15) is 0 Å². The van der Waals surface area contributed by atoms with Crippen molar-refractivity contribution < 1.29 is 9.18 Å². The Labute approximate surface area is 83.9 Å². The number of hydrogen-bond acceptors (Lipinski definition) is 1. The lowest BCUT2D eigenvalue weighted by Gasteiger charge is -2.10. The summed E-state index contributed by atoms with van der Waals surface area (Å²) >= 11 is 0. The van der Waals surface area contributed by atoms with Crippen molar-refractivity contribution in [3.63, 3.8) is 0 Å². The van der Waals surface area contributed by atoms with Crippen LogP contribution in [0.25, 0.3) is 0 Å². The molecule has 0 saturated carbocycles. The van der Waals surface area contributed by atoms with Gasteiger partial charge in [0.2, 0.25) is 0 Å². The van der Waals surface area contributed by atoms with Gasteiger partial charge in [-0.3, -0.25) is 9.18 Å². The van der Waals surface area contributed by atoms with E-state index in [0.717, 1.165) is 6.42 Å². The minimum absolute atomic E-state index is 0.0741. The van der Waals surface area contributed by atoms with E-state index in [1.165, 1.54) is 0 Å². The molecule has 2 heteroatoms. The van der Waals surface area contributed by atoms with Crippen LogP contribution >= 0.6 is 0 Å². The Balaban J connectivity index is 2.73. The summed E-state index contributed by atoms with van der Waals surface area (Å²) in [4.78, 5) is 11.7. The molecule has 0 radical (unpaired) electrons. The third kappa shape index (κ3) is 2.66. The molecule has 0 fully saturated rings. The molecule has 0 heterocycles. The molecule has 1 aromatic rings. The van der Waals surface area contributed by atoms with E-state index in [2.05, 4.69) is 0 Å². The molecule has 0 N–H and O–H groups in total. The van der Waals surface area contributed by atoms with Crippen molar-refractivity contribution in [3.8, 4) is 0 Å². The van der Waals surface area contributed by atoms with Gasteiger partial charge in [-0.05, 0) is 6.42 Å². The van der Waals surface area contributed by atoms with Crippen LogP contribution in [0.4, 0.5) is 4.39 Å². The van der Waals surface area contributed by atoms with Crippen LogP contribution in [0.5, 0.6) is 0 Å². The van der Waals surface area contributed by atoms with Crippen molar-refractivity contribution in [1.29, 1.82) is 0 Å². The molecule has 0 aromatic heterocycles. The van der Waals surface area contributed by atoms with E-state index in [0.29, 0.717) is 12.0 Å². The van der Waals surface area contributed by atoms with Crippen LogP contribution < -0.4 is 0 Å². The molecule has 1 unspecified atom stereocenters. The SMILES string of the molecule is CCCC(CF)C(=O)c1ccccc1. The van der Waals surface area contributed by atoms with Crippen LogP contribution in [-0.2, 0) is 0 Å². The third-order valence-electron chi connectivity index (χ3n) is 2.25. The van der Waals surface area contributed by atoms with Crippen molar-refractivity contribution in [1.82, 2.24) is 0 Å². The third-order valence-corrected chi connectivity index (χ3v) is 2.25. The van der Waals surface area contributed by atoms with Gasteiger partial charge in [0, 0.05) is 5.56 Å². The average Bonchev–Trinajstić information content (AvgIpc) is 2.26. The fourth-order valence-electron chi connectivity index (χ4n) is 1.46. The highest BCUT2D eigenvalue weighted by Gasteiger charge is 2.18. The first-order chi connectivity index (χ1) is 6.79. The van der Waals surface area contributed by atoms with Gasteiger partial charge in [0.15, 0.2) is 5.78 Å². The summed E-state index contributed by atoms with van der Waals surface area (Å²) in [6.45, 7) is 1.41. The Hall–Kier alpha value is -1.18. The molecule has 0 aliphatic rings. The van der Waals surface area contributed by atoms with Gasteiger partial charge in [0.25, 0.3) is 0 Å². The van der Waals surface area contributed by atoms with Gasteiger partial charge < -0.3 is 0 Å². The van der Waals surface area contributed by atoms with Crippen LogP contribution in [0.3, 0.4) is 0 Å². The van der Waals surface area contributed by atoms with Crippen molar-refractivity contribution >= 4 is 5.78 Å². The van der Waals surface area contributed by atoms with Crippen LogP contribution in [0, 0.1) is 5.92 Å². The van der Waals surface area contributed by atoms with E-state index in [4.69, 9.17) is 0 Å². The summed E-state index contributed by atoms with van der Waals surface area (Å²) in [5.74, 6) is -0.530. The number of hydrogen-bond donors (Lipinski definition) is 0. The van der Waals surface area contributed by atoms with Crippen LogP contribution in [0.15, 0.2) is 30.3 Å². The smallest absolute Gasteiger partial charge is 0.168 e. The number of rotatable bonds is 5. The highest BCUT2D eigenvalue weighted by Crippen LogP contribution is 2.14. The first-order valence-corrected chi connectivity index (χ1v) is 4.94. The maximum atomic E-state index is 12.6. The molecule has 14 heavy (non-hydrogen) atoms. The Kier molecular flexibility index (Phi) is 4.30. The van der Waals surface area contributed by atoms with Gasteiger partial charge in [0.1, 0.15) is 0 Å². The van der Waals surface area contributed by atoms with Crippen LogP contribution in [0.1, 0.15) is 30.1 Å².